The summed E-state index contributed by atoms with van der Waals surface area (Å²) in [7, 11) is 1.63. The largest absolute Gasteiger partial charge is 0.495 e. The van der Waals surface area contributed by atoms with Gasteiger partial charge in [-0.05, 0) is 63.5 Å². The second kappa shape index (κ2) is 8.61. The van der Waals surface area contributed by atoms with Crippen LogP contribution < -0.4 is 4.74 Å². The second-order valence-corrected chi connectivity index (χ2v) is 8.62. The molecule has 1 fully saturated rings. The first-order valence-electron chi connectivity index (χ1n) is 10.8. The van der Waals surface area contributed by atoms with E-state index in [2.05, 4.69) is 4.98 Å². The van der Waals surface area contributed by atoms with Crippen molar-refractivity contribution in [2.24, 2.45) is 0 Å². The normalized spacial score (nSPS) is 16.0. The number of hydrogen-bond donors (Lipinski definition) is 0. The smallest absolute Gasteiger partial charge is 0.250 e. The minimum atomic E-state index is -0.747. The molecule has 0 N–H and O–H groups in total. The molecule has 32 heavy (non-hydrogen) atoms. The maximum absolute atomic E-state index is 14.5. The standard InChI is InChI=1S/C26H28FN3O2/c1-18-16-29(17-28-18)23-12-11-19(15-24(23)32-4)14-20-8-7-13-30(25(20)31)26(2,3)21-9-5-6-10-22(21)27/h5-6,9-12,14-17H,7-8,13H2,1-4H3/b20-14-. The van der Waals surface area contributed by atoms with Crippen LogP contribution in [0.1, 0.15) is 43.5 Å². The molecule has 0 radical (unpaired) electrons. The van der Waals surface area contributed by atoms with Crippen LogP contribution in [0.5, 0.6) is 5.75 Å². The zero-order valence-corrected chi connectivity index (χ0v) is 18.9. The zero-order chi connectivity index (χ0) is 22.9. The van der Waals surface area contributed by atoms with Crippen LogP contribution in [-0.2, 0) is 10.3 Å². The lowest BCUT2D eigenvalue weighted by Gasteiger charge is -2.42. The fourth-order valence-corrected chi connectivity index (χ4v) is 4.33. The number of halogens is 1. The first-order valence-corrected chi connectivity index (χ1v) is 10.8. The fraction of sp³-hybridized carbons (Fsp3) is 0.308. The van der Waals surface area contributed by atoms with Gasteiger partial charge in [-0.15, -0.1) is 0 Å². The van der Waals surface area contributed by atoms with E-state index in [4.69, 9.17) is 4.74 Å². The van der Waals surface area contributed by atoms with Crippen molar-refractivity contribution < 1.29 is 13.9 Å². The summed E-state index contributed by atoms with van der Waals surface area (Å²) in [5.41, 5.74) is 3.18. The van der Waals surface area contributed by atoms with Gasteiger partial charge in [-0.3, -0.25) is 4.79 Å². The predicted octanol–water partition coefficient (Wildman–Crippen LogP) is 5.27. The average Bonchev–Trinajstić information content (AvgIpc) is 3.21. The van der Waals surface area contributed by atoms with Gasteiger partial charge in [0.25, 0.3) is 5.91 Å². The summed E-state index contributed by atoms with van der Waals surface area (Å²) in [5.74, 6) is 0.345. The molecule has 1 aliphatic rings. The van der Waals surface area contributed by atoms with Crippen molar-refractivity contribution in [1.29, 1.82) is 0 Å². The molecule has 3 aromatic rings. The van der Waals surface area contributed by atoms with Crippen molar-refractivity contribution in [3.05, 3.63) is 83.2 Å². The summed E-state index contributed by atoms with van der Waals surface area (Å²) >= 11 is 0. The molecule has 2 aromatic carbocycles. The molecule has 166 valence electrons. The highest BCUT2D eigenvalue weighted by Gasteiger charge is 2.37. The number of rotatable bonds is 5. The Bertz CT molecular complexity index is 1180. The number of aromatic nitrogens is 2. The van der Waals surface area contributed by atoms with E-state index in [1.54, 1.807) is 36.5 Å². The highest BCUT2D eigenvalue weighted by Crippen LogP contribution is 2.35. The monoisotopic (exact) mass is 433 g/mol. The minimum absolute atomic E-state index is 0.0576. The summed E-state index contributed by atoms with van der Waals surface area (Å²) < 4.78 is 22.0. The molecule has 0 saturated carbocycles. The molecular weight excluding hydrogens is 405 g/mol. The van der Waals surface area contributed by atoms with E-state index in [1.807, 2.05) is 55.8 Å². The molecular formula is C26H28FN3O2. The van der Waals surface area contributed by atoms with Gasteiger partial charge in [0.1, 0.15) is 11.6 Å². The number of likely N-dealkylation sites (tertiary alicyclic amines) is 1. The summed E-state index contributed by atoms with van der Waals surface area (Å²) in [6.07, 6.45) is 7.12. The third-order valence-electron chi connectivity index (χ3n) is 6.09. The molecule has 0 spiro atoms. The van der Waals surface area contributed by atoms with Crippen LogP contribution in [0.15, 0.2) is 60.6 Å². The van der Waals surface area contributed by atoms with E-state index in [1.165, 1.54) is 6.07 Å². The molecule has 1 amide bonds. The number of hydrogen-bond acceptors (Lipinski definition) is 3. The first-order chi connectivity index (χ1) is 15.3. The van der Waals surface area contributed by atoms with E-state index < -0.39 is 5.54 Å². The highest BCUT2D eigenvalue weighted by atomic mass is 19.1. The van der Waals surface area contributed by atoms with Crippen LogP contribution in [0.3, 0.4) is 0 Å². The molecule has 0 atom stereocenters. The number of carbonyl (C=O) groups excluding carboxylic acids is 1. The maximum atomic E-state index is 14.5. The Kier molecular flexibility index (Phi) is 5.87. The molecule has 0 unspecified atom stereocenters. The molecule has 5 nitrogen and oxygen atoms in total. The Morgan fingerprint density at radius 2 is 1.97 bits per heavy atom. The fourth-order valence-electron chi connectivity index (χ4n) is 4.33. The van der Waals surface area contributed by atoms with Gasteiger partial charge in [0.2, 0.25) is 0 Å². The lowest BCUT2D eigenvalue weighted by atomic mass is 9.88. The van der Waals surface area contributed by atoms with Crippen LogP contribution in [0.25, 0.3) is 11.8 Å². The van der Waals surface area contributed by atoms with Crippen LogP contribution in [0, 0.1) is 12.7 Å². The summed E-state index contributed by atoms with van der Waals surface area (Å²) in [4.78, 5) is 19.5. The summed E-state index contributed by atoms with van der Waals surface area (Å²) in [5, 5.41) is 0. The third kappa shape index (κ3) is 4.05. The van der Waals surface area contributed by atoms with E-state index >= 15 is 0 Å². The topological polar surface area (TPSA) is 47.4 Å². The van der Waals surface area contributed by atoms with E-state index in [9.17, 15) is 9.18 Å². The third-order valence-corrected chi connectivity index (χ3v) is 6.09. The van der Waals surface area contributed by atoms with Gasteiger partial charge in [0.05, 0.1) is 30.4 Å². The number of imidazole rings is 1. The van der Waals surface area contributed by atoms with E-state index in [0.29, 0.717) is 29.9 Å². The molecule has 2 heterocycles. The van der Waals surface area contributed by atoms with Crippen molar-refractivity contribution >= 4 is 12.0 Å². The Hall–Kier alpha value is -3.41. The number of ether oxygens (including phenoxy) is 1. The van der Waals surface area contributed by atoms with Gasteiger partial charge in [-0.1, -0.05) is 24.3 Å². The van der Waals surface area contributed by atoms with Crippen molar-refractivity contribution in [3.8, 4) is 11.4 Å². The van der Waals surface area contributed by atoms with E-state index in [-0.39, 0.29) is 11.7 Å². The number of methoxy groups -OCH3 is 1. The number of carbonyl (C=O) groups is 1. The first kappa shape index (κ1) is 21.8. The number of benzene rings is 2. The van der Waals surface area contributed by atoms with Gasteiger partial charge < -0.3 is 14.2 Å². The maximum Gasteiger partial charge on any atom is 0.250 e. The van der Waals surface area contributed by atoms with Crippen LogP contribution >= 0.6 is 0 Å². The predicted molar refractivity (Wildman–Crippen MR) is 123 cm³/mol. The molecule has 1 saturated heterocycles. The zero-order valence-electron chi connectivity index (χ0n) is 18.9. The van der Waals surface area contributed by atoms with Gasteiger partial charge in [-0.2, -0.15) is 0 Å². The van der Waals surface area contributed by atoms with Crippen LogP contribution in [0.4, 0.5) is 4.39 Å². The van der Waals surface area contributed by atoms with Crippen molar-refractivity contribution in [3.63, 3.8) is 0 Å². The number of piperidine rings is 1. The summed E-state index contributed by atoms with van der Waals surface area (Å²) in [6.45, 7) is 6.33. The molecule has 0 aliphatic carbocycles. The molecule has 1 aromatic heterocycles. The number of amides is 1. The van der Waals surface area contributed by atoms with Gasteiger partial charge >= 0.3 is 0 Å². The molecule has 4 rings (SSSR count). The van der Waals surface area contributed by atoms with Crippen LogP contribution in [0.2, 0.25) is 0 Å². The lowest BCUT2D eigenvalue weighted by molar-refractivity contribution is -0.134. The SMILES string of the molecule is COc1cc(/C=C2/CCCN(C(C)(C)c3ccccc3F)C2=O)ccc1-n1cnc(C)c1. The van der Waals surface area contributed by atoms with Crippen molar-refractivity contribution in [2.45, 2.75) is 39.2 Å². The second-order valence-electron chi connectivity index (χ2n) is 8.62. The molecule has 1 aliphatic heterocycles. The van der Waals surface area contributed by atoms with Crippen molar-refractivity contribution in [1.82, 2.24) is 14.5 Å². The van der Waals surface area contributed by atoms with Gasteiger partial charge in [-0.25, -0.2) is 9.37 Å². The lowest BCUT2D eigenvalue weighted by Crippen LogP contribution is -2.49. The Balaban J connectivity index is 1.64. The number of aryl methyl sites for hydroxylation is 1. The molecule has 6 heteroatoms. The Morgan fingerprint density at radius 3 is 2.66 bits per heavy atom. The van der Waals surface area contributed by atoms with Crippen LogP contribution in [-0.4, -0.2) is 34.0 Å². The van der Waals surface area contributed by atoms with E-state index in [0.717, 1.165) is 23.4 Å². The van der Waals surface area contributed by atoms with Crippen molar-refractivity contribution in [2.75, 3.05) is 13.7 Å². The van der Waals surface area contributed by atoms with Gasteiger partial charge in [0, 0.05) is 23.9 Å². The summed E-state index contributed by atoms with van der Waals surface area (Å²) in [6, 6.07) is 12.5. The Labute approximate surface area is 188 Å². The molecule has 0 bridgehead atoms. The number of nitrogens with zero attached hydrogens (tertiary/aromatic N) is 3. The van der Waals surface area contributed by atoms with Gasteiger partial charge in [0.15, 0.2) is 0 Å². The average molecular weight is 434 g/mol. The highest BCUT2D eigenvalue weighted by molar-refractivity contribution is 5.99. The quantitative estimate of drug-likeness (QED) is 0.515. The minimum Gasteiger partial charge on any atom is -0.495 e. The Morgan fingerprint density at radius 1 is 1.19 bits per heavy atom.